The van der Waals surface area contributed by atoms with Crippen molar-refractivity contribution in [3.8, 4) is 0 Å². The summed E-state index contributed by atoms with van der Waals surface area (Å²) in [5.74, 6) is -1.02. The number of hydrogen-bond acceptors (Lipinski definition) is 3. The van der Waals surface area contributed by atoms with Gasteiger partial charge in [-0.05, 0) is 12.1 Å². The lowest BCUT2D eigenvalue weighted by Gasteiger charge is -1.98. The standard InChI is InChI=1S/C6H4ClFN2O2/c7-3-1-4(8)6(10(11)12)5(9)2-3/h1-2H,9H2. The van der Waals surface area contributed by atoms with E-state index in [0.717, 1.165) is 12.1 Å². The molecule has 0 fully saturated rings. The van der Waals surface area contributed by atoms with Crippen LogP contribution in [0.4, 0.5) is 15.8 Å². The second kappa shape index (κ2) is 2.94. The zero-order valence-corrected chi connectivity index (χ0v) is 6.51. The van der Waals surface area contributed by atoms with E-state index < -0.39 is 16.4 Å². The van der Waals surface area contributed by atoms with Crippen molar-refractivity contribution in [3.63, 3.8) is 0 Å². The third-order valence-corrected chi connectivity index (χ3v) is 1.46. The van der Waals surface area contributed by atoms with E-state index in [2.05, 4.69) is 0 Å². The van der Waals surface area contributed by atoms with Crippen molar-refractivity contribution in [3.05, 3.63) is 33.1 Å². The van der Waals surface area contributed by atoms with Crippen LogP contribution >= 0.6 is 11.6 Å². The maximum absolute atomic E-state index is 12.8. The van der Waals surface area contributed by atoms with Crippen LogP contribution in [-0.2, 0) is 0 Å². The van der Waals surface area contributed by atoms with Crippen molar-refractivity contribution in [2.45, 2.75) is 0 Å². The quantitative estimate of drug-likeness (QED) is 0.418. The molecule has 0 saturated heterocycles. The van der Waals surface area contributed by atoms with Gasteiger partial charge < -0.3 is 5.73 Å². The molecule has 0 aromatic heterocycles. The number of nitro benzene ring substituents is 1. The molecule has 4 nitrogen and oxygen atoms in total. The van der Waals surface area contributed by atoms with Gasteiger partial charge in [-0.25, -0.2) is 0 Å². The molecule has 0 atom stereocenters. The average molecular weight is 191 g/mol. The molecule has 0 bridgehead atoms. The Morgan fingerprint density at radius 1 is 1.58 bits per heavy atom. The summed E-state index contributed by atoms with van der Waals surface area (Å²) in [7, 11) is 0. The molecule has 1 aromatic carbocycles. The summed E-state index contributed by atoms with van der Waals surface area (Å²) >= 11 is 5.38. The summed E-state index contributed by atoms with van der Waals surface area (Å²) in [6.45, 7) is 0. The zero-order valence-electron chi connectivity index (χ0n) is 5.75. The molecule has 0 radical (unpaired) electrons. The van der Waals surface area contributed by atoms with E-state index in [1.807, 2.05) is 0 Å². The first kappa shape index (κ1) is 8.73. The Hall–Kier alpha value is -1.36. The monoisotopic (exact) mass is 190 g/mol. The number of anilines is 1. The van der Waals surface area contributed by atoms with Gasteiger partial charge in [-0.3, -0.25) is 10.1 Å². The summed E-state index contributed by atoms with van der Waals surface area (Å²) in [6.07, 6.45) is 0. The lowest BCUT2D eigenvalue weighted by Crippen LogP contribution is -1.98. The summed E-state index contributed by atoms with van der Waals surface area (Å²) in [5.41, 5.74) is 4.15. The Morgan fingerprint density at radius 3 is 2.58 bits per heavy atom. The highest BCUT2D eigenvalue weighted by Crippen LogP contribution is 2.28. The number of hydrogen-bond donors (Lipinski definition) is 1. The van der Waals surface area contributed by atoms with Crippen molar-refractivity contribution in [2.24, 2.45) is 0 Å². The normalized spacial score (nSPS) is 9.83. The van der Waals surface area contributed by atoms with Crippen molar-refractivity contribution in [1.29, 1.82) is 0 Å². The van der Waals surface area contributed by atoms with Crippen molar-refractivity contribution in [1.82, 2.24) is 0 Å². The Labute approximate surface area is 71.9 Å². The number of nitrogens with zero attached hydrogens (tertiary/aromatic N) is 1. The smallest absolute Gasteiger partial charge is 0.327 e. The summed E-state index contributed by atoms with van der Waals surface area (Å²) in [5, 5.41) is 10.2. The van der Waals surface area contributed by atoms with E-state index in [4.69, 9.17) is 17.3 Å². The minimum Gasteiger partial charge on any atom is -0.393 e. The molecule has 0 spiro atoms. The highest BCUT2D eigenvalue weighted by molar-refractivity contribution is 6.31. The fourth-order valence-electron chi connectivity index (χ4n) is 0.779. The molecule has 0 aliphatic heterocycles. The topological polar surface area (TPSA) is 69.2 Å². The molecule has 12 heavy (non-hydrogen) atoms. The molecule has 0 unspecified atom stereocenters. The average Bonchev–Trinajstić information content (AvgIpc) is 1.82. The Balaban J connectivity index is 3.38. The molecule has 0 aliphatic rings. The first-order chi connectivity index (χ1) is 5.52. The molecule has 1 rings (SSSR count). The predicted octanol–water partition coefficient (Wildman–Crippen LogP) is 1.97. The fraction of sp³-hybridized carbons (Fsp3) is 0. The van der Waals surface area contributed by atoms with Crippen molar-refractivity contribution < 1.29 is 9.31 Å². The van der Waals surface area contributed by atoms with Gasteiger partial charge in [-0.15, -0.1) is 0 Å². The lowest BCUT2D eigenvalue weighted by atomic mass is 10.2. The third-order valence-electron chi connectivity index (χ3n) is 1.24. The Morgan fingerprint density at radius 2 is 2.17 bits per heavy atom. The first-order valence-electron chi connectivity index (χ1n) is 2.91. The van der Waals surface area contributed by atoms with E-state index in [9.17, 15) is 14.5 Å². The predicted molar refractivity (Wildman–Crippen MR) is 42.5 cm³/mol. The molecular formula is C6H4ClFN2O2. The fourth-order valence-corrected chi connectivity index (χ4v) is 0.992. The Kier molecular flexibility index (Phi) is 2.14. The van der Waals surface area contributed by atoms with Gasteiger partial charge in [0.1, 0.15) is 5.69 Å². The van der Waals surface area contributed by atoms with Crippen LogP contribution in [0.5, 0.6) is 0 Å². The number of nitrogens with two attached hydrogens (primary N) is 1. The summed E-state index contributed by atoms with van der Waals surface area (Å²) in [6, 6.07) is 1.97. The number of rotatable bonds is 1. The van der Waals surface area contributed by atoms with Gasteiger partial charge in [0, 0.05) is 5.02 Å². The minimum atomic E-state index is -1.02. The zero-order chi connectivity index (χ0) is 9.30. The SMILES string of the molecule is Nc1cc(Cl)cc(F)c1[N+](=O)[O-]. The van der Waals surface area contributed by atoms with Crippen molar-refractivity contribution in [2.75, 3.05) is 5.73 Å². The number of nitrogen functional groups attached to an aromatic ring is 1. The molecule has 1 aromatic rings. The molecule has 0 amide bonds. The van der Waals surface area contributed by atoms with Crippen LogP contribution in [-0.4, -0.2) is 4.92 Å². The van der Waals surface area contributed by atoms with Gasteiger partial charge in [0.25, 0.3) is 0 Å². The third kappa shape index (κ3) is 1.45. The molecule has 6 heteroatoms. The maximum atomic E-state index is 12.8. The van der Waals surface area contributed by atoms with Gasteiger partial charge in [-0.1, -0.05) is 11.6 Å². The summed E-state index contributed by atoms with van der Waals surface area (Å²) < 4.78 is 12.8. The maximum Gasteiger partial charge on any atom is 0.327 e. The molecule has 64 valence electrons. The minimum absolute atomic E-state index is 0.0376. The number of halogens is 2. The number of nitro groups is 1. The van der Waals surface area contributed by atoms with Crippen LogP contribution in [0.2, 0.25) is 5.02 Å². The highest BCUT2D eigenvalue weighted by atomic mass is 35.5. The summed E-state index contributed by atoms with van der Waals surface area (Å²) in [4.78, 5) is 9.31. The highest BCUT2D eigenvalue weighted by Gasteiger charge is 2.18. The van der Waals surface area contributed by atoms with E-state index in [1.54, 1.807) is 0 Å². The van der Waals surface area contributed by atoms with Crippen LogP contribution in [0.1, 0.15) is 0 Å². The van der Waals surface area contributed by atoms with Gasteiger partial charge >= 0.3 is 5.69 Å². The van der Waals surface area contributed by atoms with Gasteiger partial charge in [0.2, 0.25) is 5.82 Å². The van der Waals surface area contributed by atoms with Gasteiger partial charge in [-0.2, -0.15) is 4.39 Å². The van der Waals surface area contributed by atoms with Crippen LogP contribution in [0, 0.1) is 15.9 Å². The van der Waals surface area contributed by atoms with E-state index >= 15 is 0 Å². The Bertz CT molecular complexity index is 319. The molecular weight excluding hydrogens is 187 g/mol. The molecule has 0 saturated carbocycles. The van der Waals surface area contributed by atoms with Crippen molar-refractivity contribution >= 4 is 23.0 Å². The number of benzene rings is 1. The van der Waals surface area contributed by atoms with Gasteiger partial charge in [0.05, 0.1) is 4.92 Å². The first-order valence-corrected chi connectivity index (χ1v) is 3.29. The second-order valence-electron chi connectivity index (χ2n) is 2.08. The van der Waals surface area contributed by atoms with E-state index in [1.165, 1.54) is 0 Å². The van der Waals surface area contributed by atoms with Gasteiger partial charge in [0.15, 0.2) is 0 Å². The van der Waals surface area contributed by atoms with Crippen LogP contribution < -0.4 is 5.73 Å². The van der Waals surface area contributed by atoms with E-state index in [-0.39, 0.29) is 10.7 Å². The van der Waals surface area contributed by atoms with Crippen LogP contribution in [0.3, 0.4) is 0 Å². The molecule has 0 aliphatic carbocycles. The van der Waals surface area contributed by atoms with Crippen LogP contribution in [0.25, 0.3) is 0 Å². The van der Waals surface area contributed by atoms with Crippen LogP contribution in [0.15, 0.2) is 12.1 Å². The second-order valence-corrected chi connectivity index (χ2v) is 2.52. The molecule has 2 N–H and O–H groups in total. The lowest BCUT2D eigenvalue weighted by molar-refractivity contribution is -0.386. The largest absolute Gasteiger partial charge is 0.393 e. The van der Waals surface area contributed by atoms with E-state index in [0.29, 0.717) is 0 Å². The molecule has 0 heterocycles.